The molecule has 3 aromatic rings. The largest absolute Gasteiger partial charge is 0.366 e. The van der Waals surface area contributed by atoms with E-state index in [9.17, 15) is 0 Å². The Morgan fingerprint density at radius 3 is 2.70 bits per heavy atom. The third-order valence-electron chi connectivity index (χ3n) is 6.11. The molecule has 0 bridgehead atoms. The smallest absolute Gasteiger partial charge is 0.147 e. The molecule has 0 atom stereocenters. The van der Waals surface area contributed by atoms with E-state index in [-0.39, 0.29) is 0 Å². The van der Waals surface area contributed by atoms with E-state index in [0.717, 1.165) is 22.6 Å². The van der Waals surface area contributed by atoms with Crippen LogP contribution in [-0.2, 0) is 19.3 Å². The summed E-state index contributed by atoms with van der Waals surface area (Å²) in [5, 5.41) is 5.04. The van der Waals surface area contributed by atoms with E-state index in [1.54, 1.807) is 17.7 Å². The van der Waals surface area contributed by atoms with E-state index >= 15 is 0 Å². The predicted molar refractivity (Wildman–Crippen MR) is 114 cm³/mol. The number of aryl methyl sites for hydroxylation is 1. The Morgan fingerprint density at radius 2 is 1.89 bits per heavy atom. The average Bonchev–Trinajstić information content (AvgIpc) is 3.27. The molecule has 3 aromatic heterocycles. The maximum atomic E-state index is 5.14. The van der Waals surface area contributed by atoms with Crippen LogP contribution in [0.5, 0.6) is 0 Å². The summed E-state index contributed by atoms with van der Waals surface area (Å²) in [4.78, 5) is 15.6. The lowest BCUT2D eigenvalue weighted by Gasteiger charge is -2.23. The highest BCUT2D eigenvalue weighted by Crippen LogP contribution is 2.41. The Bertz CT molecular complexity index is 985. The van der Waals surface area contributed by atoms with Gasteiger partial charge in [-0.25, -0.2) is 15.0 Å². The fourth-order valence-corrected chi connectivity index (χ4v) is 6.01. The Morgan fingerprint density at radius 1 is 1.07 bits per heavy atom. The number of nitrogens with zero attached hydrogens (tertiary/aromatic N) is 3. The van der Waals surface area contributed by atoms with Crippen molar-refractivity contribution in [1.29, 1.82) is 0 Å². The van der Waals surface area contributed by atoms with E-state index in [1.165, 1.54) is 78.3 Å². The summed E-state index contributed by atoms with van der Waals surface area (Å²) < 4.78 is 1.20. The highest BCUT2D eigenvalue weighted by atomic mass is 32.1. The second-order valence-corrected chi connectivity index (χ2v) is 9.63. The zero-order chi connectivity index (χ0) is 18.4. The maximum Gasteiger partial charge on any atom is 0.147 e. The molecule has 0 saturated heterocycles. The van der Waals surface area contributed by atoms with Gasteiger partial charge in [0.2, 0.25) is 0 Å². The molecule has 1 N–H and O–H groups in total. The molecule has 5 heteroatoms. The molecule has 0 radical (unpaired) electrons. The number of nitrogens with one attached hydrogen (secondary N) is 1. The lowest BCUT2D eigenvalue weighted by atomic mass is 9.95. The van der Waals surface area contributed by atoms with E-state index in [2.05, 4.69) is 24.1 Å². The molecule has 2 aliphatic rings. The minimum Gasteiger partial charge on any atom is -0.366 e. The first-order valence-corrected chi connectivity index (χ1v) is 11.4. The van der Waals surface area contributed by atoms with Crippen molar-refractivity contribution in [3.63, 3.8) is 0 Å². The first kappa shape index (κ1) is 17.4. The van der Waals surface area contributed by atoms with Crippen LogP contribution in [0.4, 0.5) is 5.82 Å². The van der Waals surface area contributed by atoms with Crippen molar-refractivity contribution < 1.29 is 0 Å². The molecule has 0 spiro atoms. The number of hydrogen-bond donors (Lipinski definition) is 1. The molecule has 4 nitrogen and oxygen atoms in total. The first-order valence-electron chi connectivity index (χ1n) is 10.5. The molecule has 27 heavy (non-hydrogen) atoms. The van der Waals surface area contributed by atoms with Crippen LogP contribution in [0.2, 0.25) is 0 Å². The summed E-state index contributed by atoms with van der Waals surface area (Å²) in [6.07, 6.45) is 12.9. The molecule has 2 aliphatic carbocycles. The Hall–Kier alpha value is -1.75. The highest BCUT2D eigenvalue weighted by molar-refractivity contribution is 7.26. The SMILES string of the molecule is CC(C)Cc1nc2sc3c(NC4CCCCC4)ncnc3c2c2c1CCC2. The quantitative estimate of drug-likeness (QED) is 0.633. The normalized spacial score (nSPS) is 17.9. The maximum absolute atomic E-state index is 5.14. The number of pyridine rings is 1. The van der Waals surface area contributed by atoms with Gasteiger partial charge in [0.15, 0.2) is 0 Å². The van der Waals surface area contributed by atoms with Crippen LogP contribution in [0.25, 0.3) is 20.4 Å². The number of fused-ring (bicyclic) bond motifs is 5. The van der Waals surface area contributed by atoms with Gasteiger partial charge in [-0.1, -0.05) is 33.1 Å². The lowest BCUT2D eigenvalue weighted by Crippen LogP contribution is -2.22. The molecule has 1 fully saturated rings. The van der Waals surface area contributed by atoms with E-state index < -0.39 is 0 Å². The lowest BCUT2D eigenvalue weighted by molar-refractivity contribution is 0.462. The van der Waals surface area contributed by atoms with E-state index in [0.29, 0.717) is 12.0 Å². The molecular formula is C22H28N4S. The summed E-state index contributed by atoms with van der Waals surface area (Å²) in [5.41, 5.74) is 5.47. The van der Waals surface area contributed by atoms with Crippen LogP contribution in [0, 0.1) is 5.92 Å². The van der Waals surface area contributed by atoms with Gasteiger partial charge < -0.3 is 5.32 Å². The van der Waals surface area contributed by atoms with Gasteiger partial charge in [0, 0.05) is 17.1 Å². The van der Waals surface area contributed by atoms with Gasteiger partial charge in [0.1, 0.15) is 17.0 Å². The van der Waals surface area contributed by atoms with E-state index in [4.69, 9.17) is 9.97 Å². The molecule has 1 saturated carbocycles. The van der Waals surface area contributed by atoms with Crippen molar-refractivity contribution in [3.05, 3.63) is 23.1 Å². The summed E-state index contributed by atoms with van der Waals surface area (Å²) >= 11 is 1.79. The highest BCUT2D eigenvalue weighted by Gasteiger charge is 2.25. The zero-order valence-corrected chi connectivity index (χ0v) is 17.2. The minimum absolute atomic E-state index is 0.553. The summed E-state index contributed by atoms with van der Waals surface area (Å²) in [5.74, 6) is 1.66. The summed E-state index contributed by atoms with van der Waals surface area (Å²) in [6, 6.07) is 0.553. The summed E-state index contributed by atoms with van der Waals surface area (Å²) in [7, 11) is 0. The predicted octanol–water partition coefficient (Wildman–Crippen LogP) is 5.67. The van der Waals surface area contributed by atoms with Crippen LogP contribution < -0.4 is 5.32 Å². The van der Waals surface area contributed by atoms with Gasteiger partial charge in [-0.2, -0.15) is 0 Å². The number of hydrogen-bond acceptors (Lipinski definition) is 5. The van der Waals surface area contributed by atoms with Gasteiger partial charge in [-0.15, -0.1) is 11.3 Å². The average molecular weight is 381 g/mol. The topological polar surface area (TPSA) is 50.7 Å². The zero-order valence-electron chi connectivity index (χ0n) is 16.3. The number of anilines is 1. The van der Waals surface area contributed by atoms with Gasteiger partial charge in [-0.05, 0) is 55.6 Å². The van der Waals surface area contributed by atoms with Crippen LogP contribution in [-0.4, -0.2) is 21.0 Å². The van der Waals surface area contributed by atoms with Gasteiger partial charge in [0.05, 0.1) is 10.2 Å². The molecule has 0 amide bonds. The van der Waals surface area contributed by atoms with Crippen molar-refractivity contribution in [3.8, 4) is 0 Å². The molecule has 0 aliphatic heterocycles. The van der Waals surface area contributed by atoms with Crippen molar-refractivity contribution in [2.75, 3.05) is 5.32 Å². The summed E-state index contributed by atoms with van der Waals surface area (Å²) in [6.45, 7) is 4.58. The van der Waals surface area contributed by atoms with Gasteiger partial charge in [0.25, 0.3) is 0 Å². The molecule has 5 rings (SSSR count). The number of aromatic nitrogens is 3. The fourth-order valence-electron chi connectivity index (χ4n) is 4.87. The molecule has 0 unspecified atom stereocenters. The number of thiophene rings is 1. The standard InChI is InChI=1S/C22H28N4S/c1-13(2)11-17-15-9-6-10-16(15)18-19-20(27-22(18)26-17)21(24-12-23-19)25-14-7-4-3-5-8-14/h12-14H,3-11H2,1-2H3,(H,23,24,25). The number of rotatable bonds is 4. The second-order valence-electron chi connectivity index (χ2n) is 8.63. The second kappa shape index (κ2) is 7.01. The van der Waals surface area contributed by atoms with Crippen molar-refractivity contribution >= 4 is 37.6 Å². The van der Waals surface area contributed by atoms with Crippen LogP contribution in [0.15, 0.2) is 6.33 Å². The molecular weight excluding hydrogens is 352 g/mol. The molecule has 0 aromatic carbocycles. The third kappa shape index (κ3) is 3.10. The molecule has 142 valence electrons. The van der Waals surface area contributed by atoms with Crippen LogP contribution in [0.3, 0.4) is 0 Å². The monoisotopic (exact) mass is 380 g/mol. The van der Waals surface area contributed by atoms with Crippen molar-refractivity contribution in [1.82, 2.24) is 15.0 Å². The van der Waals surface area contributed by atoms with Crippen molar-refractivity contribution in [2.24, 2.45) is 5.92 Å². The Labute approximate surface area is 164 Å². The van der Waals surface area contributed by atoms with Gasteiger partial charge in [-0.3, -0.25) is 0 Å². The molecule has 3 heterocycles. The van der Waals surface area contributed by atoms with Gasteiger partial charge >= 0.3 is 0 Å². The van der Waals surface area contributed by atoms with Crippen molar-refractivity contribution in [2.45, 2.75) is 77.7 Å². The fraction of sp³-hybridized carbons (Fsp3) is 0.591. The van der Waals surface area contributed by atoms with E-state index in [1.807, 2.05) is 0 Å². The third-order valence-corrected chi connectivity index (χ3v) is 7.18. The first-order chi connectivity index (χ1) is 13.2. The Balaban J connectivity index is 1.64. The Kier molecular flexibility index (Phi) is 4.50. The van der Waals surface area contributed by atoms with Crippen LogP contribution >= 0.6 is 11.3 Å². The van der Waals surface area contributed by atoms with Crippen LogP contribution in [0.1, 0.15) is 69.2 Å². The minimum atomic E-state index is 0.553.